The molecule has 1 rings (SSSR count). The Morgan fingerprint density at radius 2 is 2.15 bits per heavy atom. The minimum atomic E-state index is -0.588. The Morgan fingerprint density at radius 1 is 1.46 bits per heavy atom. The van der Waals surface area contributed by atoms with E-state index in [9.17, 15) is 9.18 Å². The van der Waals surface area contributed by atoms with E-state index in [2.05, 4.69) is 18.2 Å². The molecule has 0 aromatic heterocycles. The van der Waals surface area contributed by atoms with Crippen molar-refractivity contribution < 1.29 is 9.18 Å². The van der Waals surface area contributed by atoms with Gasteiger partial charge < -0.3 is 15.4 Å². The van der Waals surface area contributed by atoms with Crippen LogP contribution in [0.3, 0.4) is 0 Å². The van der Waals surface area contributed by atoms with Gasteiger partial charge in [0.25, 0.3) is 0 Å². The molecule has 5 nitrogen and oxygen atoms in total. The number of nitrogens with two attached hydrogens (primary N) is 1. The SMILES string of the molecule is C=C/C(SC(CC=O)/N=C(/N)N(C)C)=C(/C=C)c1ccc(F)c(C#N)c1. The highest BCUT2D eigenvalue weighted by Gasteiger charge is 2.15. The lowest BCUT2D eigenvalue weighted by Crippen LogP contribution is -2.31. The first-order valence-electron chi connectivity index (χ1n) is 7.68. The highest BCUT2D eigenvalue weighted by atomic mass is 32.2. The second-order valence-corrected chi connectivity index (χ2v) is 6.57. The first-order chi connectivity index (χ1) is 12.4. The molecule has 0 saturated heterocycles. The maximum absolute atomic E-state index is 13.6. The van der Waals surface area contributed by atoms with Gasteiger partial charge in [0.15, 0.2) is 5.96 Å². The number of rotatable bonds is 8. The van der Waals surface area contributed by atoms with Gasteiger partial charge in [-0.3, -0.25) is 0 Å². The summed E-state index contributed by atoms with van der Waals surface area (Å²) in [5.41, 5.74) is 7.07. The first-order valence-corrected chi connectivity index (χ1v) is 8.55. The summed E-state index contributed by atoms with van der Waals surface area (Å²) in [6.07, 6.45) is 4.13. The number of carbonyl (C=O) groups is 1. The zero-order valence-corrected chi connectivity index (χ0v) is 15.6. The third-order valence-electron chi connectivity index (χ3n) is 3.35. The molecule has 1 aromatic rings. The monoisotopic (exact) mass is 372 g/mol. The van der Waals surface area contributed by atoms with Gasteiger partial charge in [0.05, 0.1) is 5.56 Å². The fourth-order valence-corrected chi connectivity index (χ4v) is 3.03. The normalized spacial score (nSPS) is 13.2. The van der Waals surface area contributed by atoms with Crippen LogP contribution in [0.2, 0.25) is 0 Å². The summed E-state index contributed by atoms with van der Waals surface area (Å²) < 4.78 is 13.6. The summed E-state index contributed by atoms with van der Waals surface area (Å²) in [5.74, 6) is -0.295. The first kappa shape index (κ1) is 21.2. The molecule has 0 aliphatic carbocycles. The Hall–Kier alpha value is -2.85. The van der Waals surface area contributed by atoms with Crippen molar-refractivity contribution in [3.63, 3.8) is 0 Å². The second kappa shape index (κ2) is 10.2. The van der Waals surface area contributed by atoms with Crippen LogP contribution >= 0.6 is 11.8 Å². The molecule has 1 aromatic carbocycles. The van der Waals surface area contributed by atoms with Crippen LogP contribution in [0.5, 0.6) is 0 Å². The van der Waals surface area contributed by atoms with E-state index < -0.39 is 11.2 Å². The topological polar surface area (TPSA) is 82.5 Å². The minimum absolute atomic E-state index is 0.0606. The van der Waals surface area contributed by atoms with Gasteiger partial charge in [0.1, 0.15) is 23.5 Å². The summed E-state index contributed by atoms with van der Waals surface area (Å²) in [6, 6.07) is 6.05. The van der Waals surface area contributed by atoms with Crippen molar-refractivity contribution >= 4 is 29.6 Å². The maximum atomic E-state index is 13.6. The molecular weight excluding hydrogens is 351 g/mol. The predicted octanol–water partition coefficient (Wildman–Crippen LogP) is 3.31. The Kier molecular flexibility index (Phi) is 8.32. The summed E-state index contributed by atoms with van der Waals surface area (Å²) in [5, 5.41) is 8.58. The smallest absolute Gasteiger partial charge is 0.191 e. The van der Waals surface area contributed by atoms with Crippen molar-refractivity contribution in [3.8, 4) is 6.07 Å². The summed E-state index contributed by atoms with van der Waals surface area (Å²) >= 11 is 1.29. The molecule has 0 aliphatic heterocycles. The van der Waals surface area contributed by atoms with Crippen LogP contribution in [-0.4, -0.2) is 36.6 Å². The van der Waals surface area contributed by atoms with E-state index in [-0.39, 0.29) is 12.0 Å². The Bertz CT molecular complexity index is 793. The van der Waals surface area contributed by atoms with Gasteiger partial charge in [0.2, 0.25) is 0 Å². The molecule has 0 saturated carbocycles. The number of nitrogens with zero attached hydrogens (tertiary/aromatic N) is 3. The van der Waals surface area contributed by atoms with E-state index >= 15 is 0 Å². The molecule has 0 radical (unpaired) electrons. The van der Waals surface area contributed by atoms with Crippen molar-refractivity contribution in [1.82, 2.24) is 4.90 Å². The summed E-state index contributed by atoms with van der Waals surface area (Å²) in [4.78, 5) is 17.7. The number of carbonyl (C=O) groups excluding carboxylic acids is 1. The van der Waals surface area contributed by atoms with E-state index in [0.717, 1.165) is 6.29 Å². The molecule has 136 valence electrons. The highest BCUT2D eigenvalue weighted by molar-refractivity contribution is 8.04. The number of aliphatic imine (C=N–C) groups is 1. The molecule has 0 bridgehead atoms. The molecule has 0 aliphatic rings. The summed E-state index contributed by atoms with van der Waals surface area (Å²) in [6.45, 7) is 7.59. The molecular formula is C19H21FN4OS. The Labute approximate surface area is 157 Å². The van der Waals surface area contributed by atoms with E-state index in [1.807, 2.05) is 6.07 Å². The van der Waals surface area contributed by atoms with Crippen LogP contribution in [0.25, 0.3) is 5.57 Å². The third kappa shape index (κ3) is 5.60. The number of hydrogen-bond donors (Lipinski definition) is 1. The van der Waals surface area contributed by atoms with Crippen LogP contribution < -0.4 is 5.73 Å². The number of aldehydes is 1. The Balaban J connectivity index is 3.35. The molecule has 7 heteroatoms. The van der Waals surface area contributed by atoms with Crippen LogP contribution in [0.1, 0.15) is 17.5 Å². The summed E-state index contributed by atoms with van der Waals surface area (Å²) in [7, 11) is 3.51. The van der Waals surface area contributed by atoms with E-state index in [4.69, 9.17) is 11.0 Å². The molecule has 2 N–H and O–H groups in total. The number of thioether (sulfide) groups is 1. The minimum Gasteiger partial charge on any atom is -0.370 e. The number of nitriles is 1. The van der Waals surface area contributed by atoms with Gasteiger partial charge in [-0.05, 0) is 23.3 Å². The van der Waals surface area contributed by atoms with Gasteiger partial charge in [-0.1, -0.05) is 43.1 Å². The number of guanidine groups is 1. The zero-order valence-electron chi connectivity index (χ0n) is 14.8. The molecule has 1 unspecified atom stereocenters. The lowest BCUT2D eigenvalue weighted by atomic mass is 10.0. The van der Waals surface area contributed by atoms with Gasteiger partial charge >= 0.3 is 0 Å². The van der Waals surface area contributed by atoms with Gasteiger partial charge in [-0.2, -0.15) is 5.26 Å². The standard InChI is InChI=1S/C19H21FN4OS/c1-5-15(13-7-8-16(20)14(11-13)12-21)17(6-2)26-18(9-10-25)23-19(22)24(3)4/h5-8,10-11,18H,1-2,9H2,3-4H3,(H2,22,23)/b17-15+. The molecule has 0 spiro atoms. The number of allylic oxidation sites excluding steroid dienone is 3. The van der Waals surface area contributed by atoms with Crippen molar-refractivity contribution in [2.45, 2.75) is 11.8 Å². The fraction of sp³-hybridized carbons (Fsp3) is 0.211. The molecule has 26 heavy (non-hydrogen) atoms. The number of hydrogen-bond acceptors (Lipinski definition) is 4. The lowest BCUT2D eigenvalue weighted by molar-refractivity contribution is -0.107. The lowest BCUT2D eigenvalue weighted by Gasteiger charge is -2.17. The Morgan fingerprint density at radius 3 is 2.65 bits per heavy atom. The average molecular weight is 372 g/mol. The fourth-order valence-electron chi connectivity index (χ4n) is 1.98. The molecule has 0 fully saturated rings. The van der Waals surface area contributed by atoms with Crippen molar-refractivity contribution in [2.75, 3.05) is 14.1 Å². The van der Waals surface area contributed by atoms with Gasteiger partial charge in [-0.25, -0.2) is 9.38 Å². The van der Waals surface area contributed by atoms with E-state index in [0.29, 0.717) is 22.0 Å². The molecule has 0 heterocycles. The maximum Gasteiger partial charge on any atom is 0.191 e. The zero-order chi connectivity index (χ0) is 19.7. The van der Waals surface area contributed by atoms with Gasteiger partial charge in [0, 0.05) is 25.4 Å². The quantitative estimate of drug-likeness (QED) is 0.328. The second-order valence-electron chi connectivity index (χ2n) is 5.35. The van der Waals surface area contributed by atoms with Crippen LogP contribution in [-0.2, 0) is 4.79 Å². The molecule has 1 atom stereocenters. The van der Waals surface area contributed by atoms with Crippen molar-refractivity contribution in [2.24, 2.45) is 10.7 Å². The van der Waals surface area contributed by atoms with E-state index in [1.54, 1.807) is 37.2 Å². The molecule has 0 amide bonds. The number of benzene rings is 1. The van der Waals surface area contributed by atoms with Crippen molar-refractivity contribution in [1.29, 1.82) is 5.26 Å². The van der Waals surface area contributed by atoms with Gasteiger partial charge in [-0.15, -0.1) is 0 Å². The largest absolute Gasteiger partial charge is 0.370 e. The van der Waals surface area contributed by atoms with E-state index in [1.165, 1.54) is 23.9 Å². The van der Waals surface area contributed by atoms with Crippen LogP contribution in [0.15, 0.2) is 53.4 Å². The van der Waals surface area contributed by atoms with Crippen LogP contribution in [0, 0.1) is 17.1 Å². The predicted molar refractivity (Wildman–Crippen MR) is 106 cm³/mol. The van der Waals surface area contributed by atoms with Crippen molar-refractivity contribution in [3.05, 3.63) is 65.4 Å². The highest BCUT2D eigenvalue weighted by Crippen LogP contribution is 2.33. The average Bonchev–Trinajstić information content (AvgIpc) is 2.62. The third-order valence-corrected chi connectivity index (χ3v) is 4.56. The van der Waals surface area contributed by atoms with Crippen LogP contribution in [0.4, 0.5) is 4.39 Å². The number of halogens is 1.